The van der Waals surface area contributed by atoms with Crippen LogP contribution in [-0.4, -0.2) is 16.0 Å². The van der Waals surface area contributed by atoms with Gasteiger partial charge in [0.1, 0.15) is 5.58 Å². The summed E-state index contributed by atoms with van der Waals surface area (Å²) < 4.78 is 11.1. The highest BCUT2D eigenvalue weighted by Gasteiger charge is 2.17. The molecule has 0 radical (unpaired) electrons. The van der Waals surface area contributed by atoms with Crippen LogP contribution in [0.3, 0.4) is 0 Å². The Balaban J connectivity index is 1.40. The van der Waals surface area contributed by atoms with Gasteiger partial charge < -0.3 is 14.3 Å². The number of hydrogen-bond donors (Lipinski definition) is 1. The van der Waals surface area contributed by atoms with Crippen molar-refractivity contribution in [2.45, 2.75) is 6.42 Å². The van der Waals surface area contributed by atoms with Crippen molar-refractivity contribution < 1.29 is 13.7 Å². The lowest BCUT2D eigenvalue weighted by Crippen LogP contribution is -2.11. The topological polar surface area (TPSA) is 81.2 Å². The van der Waals surface area contributed by atoms with E-state index in [1.54, 1.807) is 12.1 Å². The van der Waals surface area contributed by atoms with Crippen LogP contribution in [0.2, 0.25) is 0 Å². The Labute approximate surface area is 172 Å². The number of nitrogens with one attached hydrogen (secondary N) is 1. The molecule has 2 aromatic heterocycles. The molecule has 1 amide bonds. The molecule has 0 atom stereocenters. The Morgan fingerprint density at radius 1 is 0.900 bits per heavy atom. The van der Waals surface area contributed by atoms with E-state index in [1.165, 1.54) is 0 Å². The number of carbonyl (C=O) groups excluding carboxylic acids is 1. The highest BCUT2D eigenvalue weighted by Crippen LogP contribution is 2.28. The molecule has 5 rings (SSSR count). The lowest BCUT2D eigenvalue weighted by molar-refractivity contribution is 0.0998. The molecule has 1 N–H and O–H groups in total. The van der Waals surface area contributed by atoms with Crippen molar-refractivity contribution in [2.24, 2.45) is 0 Å². The summed E-state index contributed by atoms with van der Waals surface area (Å²) in [6, 6.07) is 26.4. The van der Waals surface area contributed by atoms with E-state index in [0.717, 1.165) is 10.9 Å². The number of para-hydroxylation sites is 2. The van der Waals surface area contributed by atoms with E-state index in [0.29, 0.717) is 35.0 Å². The fourth-order valence-electron chi connectivity index (χ4n) is 3.27. The Kier molecular flexibility index (Phi) is 4.57. The summed E-state index contributed by atoms with van der Waals surface area (Å²) in [4.78, 5) is 17.2. The largest absolute Gasteiger partial charge is 0.451 e. The molecule has 0 aliphatic carbocycles. The average Bonchev–Trinajstić information content (AvgIpc) is 3.42. The number of hydrogen-bond acceptors (Lipinski definition) is 5. The van der Waals surface area contributed by atoms with Gasteiger partial charge in [-0.1, -0.05) is 65.8 Å². The Bertz CT molecular complexity index is 1290. The van der Waals surface area contributed by atoms with Crippen LogP contribution in [0.15, 0.2) is 93.9 Å². The van der Waals surface area contributed by atoms with E-state index in [9.17, 15) is 4.79 Å². The smallest absolute Gasteiger partial charge is 0.291 e. The number of amides is 1. The van der Waals surface area contributed by atoms with Crippen LogP contribution in [0.5, 0.6) is 0 Å². The molecule has 0 aliphatic heterocycles. The van der Waals surface area contributed by atoms with Crippen LogP contribution in [0.25, 0.3) is 22.4 Å². The van der Waals surface area contributed by atoms with Gasteiger partial charge in [0, 0.05) is 11.8 Å². The molecule has 146 valence electrons. The molecule has 0 bridgehead atoms. The first kappa shape index (κ1) is 17.9. The number of fused-ring (bicyclic) bond motifs is 1. The van der Waals surface area contributed by atoms with E-state index in [4.69, 9.17) is 8.94 Å². The number of rotatable bonds is 5. The van der Waals surface area contributed by atoms with E-state index in [-0.39, 0.29) is 11.7 Å². The predicted molar refractivity (Wildman–Crippen MR) is 113 cm³/mol. The molecular weight excluding hydrogens is 378 g/mol. The number of carbonyl (C=O) groups is 1. The van der Waals surface area contributed by atoms with Gasteiger partial charge in [0.25, 0.3) is 11.8 Å². The van der Waals surface area contributed by atoms with Gasteiger partial charge >= 0.3 is 0 Å². The lowest BCUT2D eigenvalue weighted by atomic mass is 10.1. The average molecular weight is 395 g/mol. The molecule has 2 heterocycles. The quantitative estimate of drug-likeness (QED) is 0.435. The molecule has 0 unspecified atom stereocenters. The fraction of sp³-hybridized carbons (Fsp3) is 0.0417. The van der Waals surface area contributed by atoms with E-state index >= 15 is 0 Å². The summed E-state index contributed by atoms with van der Waals surface area (Å²) in [5, 5.41) is 7.84. The maximum absolute atomic E-state index is 12.7. The predicted octanol–water partition coefficient (Wildman–Crippen LogP) is 5.33. The summed E-state index contributed by atoms with van der Waals surface area (Å²) in [5.41, 5.74) is 2.97. The van der Waals surface area contributed by atoms with Crippen molar-refractivity contribution in [1.29, 1.82) is 0 Å². The minimum atomic E-state index is -0.345. The van der Waals surface area contributed by atoms with E-state index in [1.807, 2.05) is 72.8 Å². The Hall–Kier alpha value is -4.19. The number of furan rings is 1. The molecule has 0 spiro atoms. The van der Waals surface area contributed by atoms with Crippen LogP contribution < -0.4 is 5.32 Å². The van der Waals surface area contributed by atoms with Gasteiger partial charge in [-0.3, -0.25) is 4.79 Å². The van der Waals surface area contributed by atoms with Crippen molar-refractivity contribution in [3.63, 3.8) is 0 Å². The summed E-state index contributed by atoms with van der Waals surface area (Å²) in [6.07, 6.45) is 0.567. The van der Waals surface area contributed by atoms with Gasteiger partial charge in [-0.15, -0.1) is 0 Å². The molecule has 0 aliphatic rings. The van der Waals surface area contributed by atoms with Gasteiger partial charge in [0.15, 0.2) is 11.6 Å². The van der Waals surface area contributed by atoms with Crippen LogP contribution in [0.1, 0.15) is 21.9 Å². The van der Waals surface area contributed by atoms with Gasteiger partial charge in [-0.25, -0.2) is 0 Å². The zero-order chi connectivity index (χ0) is 20.3. The number of benzene rings is 3. The summed E-state index contributed by atoms with van der Waals surface area (Å²) in [7, 11) is 0. The summed E-state index contributed by atoms with van der Waals surface area (Å²) in [5.74, 6) is 0.819. The second-order valence-electron chi connectivity index (χ2n) is 6.83. The van der Waals surface area contributed by atoms with Crippen LogP contribution in [0.4, 0.5) is 5.69 Å². The van der Waals surface area contributed by atoms with E-state index < -0.39 is 0 Å². The standard InChI is InChI=1S/C24H17N3O3/c28-23(21-15-17-10-4-7-13-20(17)29-21)25-19-12-6-5-11-18(19)24-26-22(27-30-24)14-16-8-2-1-3-9-16/h1-13,15H,14H2,(H,25,28). The highest BCUT2D eigenvalue weighted by molar-refractivity contribution is 6.06. The molecule has 6 heteroatoms. The Morgan fingerprint density at radius 2 is 1.67 bits per heavy atom. The first-order chi connectivity index (χ1) is 14.8. The highest BCUT2D eigenvalue weighted by atomic mass is 16.5. The lowest BCUT2D eigenvalue weighted by Gasteiger charge is -2.06. The monoisotopic (exact) mass is 395 g/mol. The molecule has 5 aromatic rings. The second kappa shape index (κ2) is 7.67. The van der Waals surface area contributed by atoms with Crippen LogP contribution in [0, 0.1) is 0 Å². The molecule has 0 saturated heterocycles. The van der Waals surface area contributed by atoms with Crippen molar-refractivity contribution in [3.05, 3.63) is 102 Å². The van der Waals surface area contributed by atoms with Gasteiger partial charge in [0.2, 0.25) is 0 Å². The SMILES string of the molecule is O=C(Nc1ccccc1-c1nc(Cc2ccccc2)no1)c1cc2ccccc2o1. The van der Waals surface area contributed by atoms with Crippen molar-refractivity contribution in [1.82, 2.24) is 10.1 Å². The van der Waals surface area contributed by atoms with E-state index in [2.05, 4.69) is 15.5 Å². The van der Waals surface area contributed by atoms with Crippen molar-refractivity contribution in [2.75, 3.05) is 5.32 Å². The fourth-order valence-corrected chi connectivity index (χ4v) is 3.27. The summed E-state index contributed by atoms with van der Waals surface area (Å²) >= 11 is 0. The first-order valence-corrected chi connectivity index (χ1v) is 9.52. The molecule has 6 nitrogen and oxygen atoms in total. The molecular formula is C24H17N3O3. The van der Waals surface area contributed by atoms with Crippen LogP contribution in [-0.2, 0) is 6.42 Å². The third kappa shape index (κ3) is 3.58. The van der Waals surface area contributed by atoms with Gasteiger partial charge in [-0.2, -0.15) is 4.98 Å². The molecule has 30 heavy (non-hydrogen) atoms. The summed E-state index contributed by atoms with van der Waals surface area (Å²) in [6.45, 7) is 0. The first-order valence-electron chi connectivity index (χ1n) is 9.52. The minimum Gasteiger partial charge on any atom is -0.451 e. The molecule has 0 saturated carbocycles. The second-order valence-corrected chi connectivity index (χ2v) is 6.83. The zero-order valence-corrected chi connectivity index (χ0v) is 15.9. The number of nitrogens with zero attached hydrogens (tertiary/aromatic N) is 2. The zero-order valence-electron chi connectivity index (χ0n) is 15.9. The molecule has 3 aromatic carbocycles. The van der Waals surface area contributed by atoms with Crippen LogP contribution >= 0.6 is 0 Å². The van der Waals surface area contributed by atoms with Crippen molar-refractivity contribution >= 4 is 22.6 Å². The van der Waals surface area contributed by atoms with Crippen molar-refractivity contribution in [3.8, 4) is 11.5 Å². The van der Waals surface area contributed by atoms with Gasteiger partial charge in [-0.05, 0) is 29.8 Å². The number of aromatic nitrogens is 2. The third-order valence-corrected chi connectivity index (χ3v) is 4.73. The minimum absolute atomic E-state index is 0.237. The maximum Gasteiger partial charge on any atom is 0.291 e. The maximum atomic E-state index is 12.7. The molecule has 0 fully saturated rings. The Morgan fingerprint density at radius 3 is 2.53 bits per heavy atom. The number of anilines is 1. The van der Waals surface area contributed by atoms with Gasteiger partial charge in [0.05, 0.1) is 11.3 Å². The third-order valence-electron chi connectivity index (χ3n) is 4.73. The normalized spacial score (nSPS) is 10.9.